The second-order valence-electron chi connectivity index (χ2n) is 6.31. The van der Waals surface area contributed by atoms with Gasteiger partial charge in [0.25, 0.3) is 0 Å². The van der Waals surface area contributed by atoms with E-state index < -0.39 is 11.9 Å². The molecule has 3 aromatic heterocycles. The summed E-state index contributed by atoms with van der Waals surface area (Å²) in [5, 5.41) is 15.6. The van der Waals surface area contributed by atoms with Gasteiger partial charge in [0.2, 0.25) is 0 Å². The van der Waals surface area contributed by atoms with E-state index in [2.05, 4.69) is 20.4 Å². The summed E-state index contributed by atoms with van der Waals surface area (Å²) in [6.45, 7) is 0.377. The first-order valence-corrected chi connectivity index (χ1v) is 9.61. The highest BCUT2D eigenvalue weighted by molar-refractivity contribution is 7.71. The molecule has 0 aliphatic rings. The van der Waals surface area contributed by atoms with Crippen molar-refractivity contribution in [1.29, 1.82) is 0 Å². The van der Waals surface area contributed by atoms with E-state index in [4.69, 9.17) is 35.4 Å². The molecule has 13 heteroatoms. The summed E-state index contributed by atoms with van der Waals surface area (Å²) in [5.74, 6) is 0.376. The maximum atomic E-state index is 12.8. The van der Waals surface area contributed by atoms with Crippen LogP contribution in [0.2, 0.25) is 10.0 Å². The van der Waals surface area contributed by atoms with Crippen LogP contribution < -0.4 is 0 Å². The molecule has 0 spiro atoms. The Morgan fingerprint density at radius 1 is 1.10 bits per heavy atom. The minimum absolute atomic E-state index is 0.0165. The van der Waals surface area contributed by atoms with Crippen LogP contribution in [0.4, 0.5) is 13.2 Å². The van der Waals surface area contributed by atoms with Gasteiger partial charge in [0.05, 0.1) is 18.4 Å². The van der Waals surface area contributed by atoms with Gasteiger partial charge in [0.1, 0.15) is 6.54 Å². The summed E-state index contributed by atoms with van der Waals surface area (Å²) in [6.07, 6.45) is 0.0176. The molecule has 7 nitrogen and oxygen atoms in total. The number of halogens is 5. The van der Waals surface area contributed by atoms with Gasteiger partial charge in [-0.3, -0.25) is 19.0 Å². The SMILES string of the molecule is FC(F)(F)c1ccn(Cc2n[nH]c(=S)n2-c2cnn(Cc3ccc(Cl)cc3Cl)c2)n1. The molecule has 1 N–H and O–H groups in total. The van der Waals surface area contributed by atoms with Gasteiger partial charge < -0.3 is 0 Å². The van der Waals surface area contributed by atoms with Crippen molar-refractivity contribution in [3.8, 4) is 5.69 Å². The normalized spacial score (nSPS) is 11.9. The summed E-state index contributed by atoms with van der Waals surface area (Å²) >= 11 is 17.4. The highest BCUT2D eigenvalue weighted by atomic mass is 35.5. The Morgan fingerprint density at radius 2 is 1.90 bits per heavy atom. The van der Waals surface area contributed by atoms with E-state index in [1.54, 1.807) is 39.8 Å². The Hall–Kier alpha value is -2.63. The fraction of sp³-hybridized carbons (Fsp3) is 0.176. The van der Waals surface area contributed by atoms with E-state index in [1.165, 1.54) is 6.20 Å². The van der Waals surface area contributed by atoms with Gasteiger partial charge in [-0.1, -0.05) is 29.3 Å². The van der Waals surface area contributed by atoms with Crippen molar-refractivity contribution in [3.63, 3.8) is 0 Å². The molecule has 0 radical (unpaired) electrons. The van der Waals surface area contributed by atoms with Crippen LogP contribution in [0.15, 0.2) is 42.9 Å². The zero-order valence-electron chi connectivity index (χ0n) is 14.9. The second-order valence-corrected chi connectivity index (χ2v) is 7.54. The quantitative estimate of drug-likeness (QED) is 0.424. The average molecular weight is 474 g/mol. The van der Waals surface area contributed by atoms with Gasteiger partial charge in [-0.25, -0.2) is 0 Å². The third kappa shape index (κ3) is 4.27. The molecule has 0 atom stereocenters. The predicted octanol–water partition coefficient (Wildman–Crippen LogP) is 4.75. The van der Waals surface area contributed by atoms with Crippen LogP contribution in [0.5, 0.6) is 0 Å². The number of nitrogens with zero attached hydrogens (tertiary/aromatic N) is 6. The fourth-order valence-electron chi connectivity index (χ4n) is 2.83. The van der Waals surface area contributed by atoms with E-state index in [-0.39, 0.29) is 11.3 Å². The first kappa shape index (κ1) is 20.6. The van der Waals surface area contributed by atoms with Gasteiger partial charge in [-0.2, -0.15) is 28.5 Å². The lowest BCUT2D eigenvalue weighted by atomic mass is 10.2. The Balaban J connectivity index is 1.59. The topological polar surface area (TPSA) is 69.2 Å². The van der Waals surface area contributed by atoms with Crippen molar-refractivity contribution in [3.05, 3.63) is 74.8 Å². The number of hydrogen-bond donors (Lipinski definition) is 1. The van der Waals surface area contributed by atoms with E-state index in [9.17, 15) is 13.2 Å². The van der Waals surface area contributed by atoms with E-state index in [0.717, 1.165) is 16.3 Å². The van der Waals surface area contributed by atoms with Crippen LogP contribution >= 0.6 is 35.4 Å². The molecular weight excluding hydrogens is 462 g/mol. The zero-order chi connectivity index (χ0) is 21.5. The highest BCUT2D eigenvalue weighted by Crippen LogP contribution is 2.27. The molecule has 3 heterocycles. The van der Waals surface area contributed by atoms with Crippen LogP contribution in [0.1, 0.15) is 17.1 Å². The van der Waals surface area contributed by atoms with Crippen molar-refractivity contribution in [2.45, 2.75) is 19.3 Å². The lowest BCUT2D eigenvalue weighted by Crippen LogP contribution is -2.11. The first-order chi connectivity index (χ1) is 14.2. The average Bonchev–Trinajstić information content (AvgIpc) is 3.38. The monoisotopic (exact) mass is 473 g/mol. The maximum Gasteiger partial charge on any atom is 0.435 e. The molecule has 1 aromatic carbocycles. The number of aromatic nitrogens is 7. The molecule has 0 saturated heterocycles. The third-order valence-electron chi connectivity index (χ3n) is 4.20. The van der Waals surface area contributed by atoms with Crippen molar-refractivity contribution in [2.24, 2.45) is 0 Å². The van der Waals surface area contributed by atoms with Crippen LogP contribution in [0.3, 0.4) is 0 Å². The summed E-state index contributed by atoms with van der Waals surface area (Å²) in [6, 6.07) is 6.08. The molecule has 0 aliphatic carbocycles. The fourth-order valence-corrected chi connectivity index (χ4v) is 3.55. The van der Waals surface area contributed by atoms with E-state index >= 15 is 0 Å². The molecule has 0 bridgehead atoms. The molecular formula is C17H12Cl2F3N7S. The van der Waals surface area contributed by atoms with Crippen LogP contribution in [-0.2, 0) is 19.3 Å². The Kier molecular flexibility index (Phi) is 5.43. The summed E-state index contributed by atoms with van der Waals surface area (Å²) < 4.78 is 43.0. The molecule has 0 unspecified atom stereocenters. The molecule has 0 fully saturated rings. The third-order valence-corrected chi connectivity index (χ3v) is 5.06. The molecule has 0 saturated carbocycles. The minimum Gasteiger partial charge on any atom is -0.267 e. The summed E-state index contributed by atoms with van der Waals surface area (Å²) in [4.78, 5) is 0. The number of benzene rings is 1. The van der Waals surface area contributed by atoms with Crippen LogP contribution in [-0.4, -0.2) is 34.3 Å². The number of nitrogens with one attached hydrogen (secondary N) is 1. The largest absolute Gasteiger partial charge is 0.435 e. The van der Waals surface area contributed by atoms with Crippen molar-refractivity contribution < 1.29 is 13.2 Å². The Morgan fingerprint density at radius 3 is 2.60 bits per heavy atom. The van der Waals surface area contributed by atoms with Gasteiger partial charge in [-0.15, -0.1) is 0 Å². The van der Waals surface area contributed by atoms with Crippen LogP contribution in [0, 0.1) is 4.77 Å². The van der Waals surface area contributed by atoms with Crippen molar-refractivity contribution >= 4 is 35.4 Å². The number of aromatic amines is 1. The van der Waals surface area contributed by atoms with Crippen molar-refractivity contribution in [1.82, 2.24) is 34.3 Å². The minimum atomic E-state index is -4.51. The molecule has 30 heavy (non-hydrogen) atoms. The molecule has 156 valence electrons. The lowest BCUT2D eigenvalue weighted by molar-refractivity contribution is -0.141. The smallest absolute Gasteiger partial charge is 0.267 e. The van der Waals surface area contributed by atoms with Crippen molar-refractivity contribution in [2.75, 3.05) is 0 Å². The standard InChI is InChI=1S/C17H12Cl2F3N7S/c18-11-2-1-10(13(19)5-11)7-28-8-12(6-23-28)29-15(24-25-16(29)30)9-27-4-3-14(26-27)17(20,21)22/h1-6,8H,7,9H2,(H,25,30). The summed E-state index contributed by atoms with van der Waals surface area (Å²) in [7, 11) is 0. The van der Waals surface area contributed by atoms with Crippen LogP contribution in [0.25, 0.3) is 5.69 Å². The van der Waals surface area contributed by atoms with Gasteiger partial charge >= 0.3 is 6.18 Å². The van der Waals surface area contributed by atoms with Gasteiger partial charge in [-0.05, 0) is 36.0 Å². The second kappa shape index (κ2) is 7.89. The molecule has 0 amide bonds. The predicted molar refractivity (Wildman–Crippen MR) is 106 cm³/mol. The van der Waals surface area contributed by atoms with E-state index in [0.29, 0.717) is 28.1 Å². The lowest BCUT2D eigenvalue weighted by Gasteiger charge is -2.06. The highest BCUT2D eigenvalue weighted by Gasteiger charge is 2.33. The van der Waals surface area contributed by atoms with Gasteiger partial charge in [0.15, 0.2) is 16.3 Å². The molecule has 4 rings (SSSR count). The number of H-pyrrole nitrogens is 1. The Bertz CT molecular complexity index is 1250. The van der Waals surface area contributed by atoms with E-state index in [1.807, 2.05) is 0 Å². The Labute approximate surface area is 182 Å². The molecule has 4 aromatic rings. The molecule has 0 aliphatic heterocycles. The first-order valence-electron chi connectivity index (χ1n) is 8.44. The maximum absolute atomic E-state index is 12.8. The van der Waals surface area contributed by atoms with Gasteiger partial charge in [0, 0.05) is 22.4 Å². The number of alkyl halides is 3. The number of rotatable bonds is 5. The summed E-state index contributed by atoms with van der Waals surface area (Å²) in [5.41, 5.74) is 0.441. The number of hydrogen-bond acceptors (Lipinski definition) is 4. The zero-order valence-corrected chi connectivity index (χ0v) is 17.3.